The van der Waals surface area contributed by atoms with Gasteiger partial charge in [0.15, 0.2) is 5.82 Å². The Morgan fingerprint density at radius 1 is 1.23 bits per heavy atom. The van der Waals surface area contributed by atoms with Crippen LogP contribution in [-0.4, -0.2) is 30.9 Å². The number of nitrogens with zero attached hydrogens (tertiary/aromatic N) is 5. The molecule has 3 aromatic rings. The van der Waals surface area contributed by atoms with Gasteiger partial charge in [0, 0.05) is 17.2 Å². The second-order valence-corrected chi connectivity index (χ2v) is 7.33. The van der Waals surface area contributed by atoms with Crippen LogP contribution in [-0.2, 0) is 6.54 Å². The molecule has 0 radical (unpaired) electrons. The van der Waals surface area contributed by atoms with Gasteiger partial charge in [0.1, 0.15) is 0 Å². The van der Waals surface area contributed by atoms with Crippen LogP contribution in [0.4, 0.5) is 0 Å². The molecule has 4 rings (SSSR count). The molecule has 0 atom stereocenters. The molecule has 2 aromatic heterocycles. The van der Waals surface area contributed by atoms with Crippen molar-refractivity contribution in [3.63, 3.8) is 0 Å². The Bertz CT molecular complexity index is 1020. The minimum Gasteiger partial charge on any atom is -0.265 e. The third kappa shape index (κ3) is 3.26. The average Bonchev–Trinajstić information content (AvgIpc) is 3.34. The largest absolute Gasteiger partial charge is 0.265 e. The summed E-state index contributed by atoms with van der Waals surface area (Å²) >= 11 is 5.31. The van der Waals surface area contributed by atoms with E-state index in [1.165, 1.54) is 11.1 Å². The molecular weight excluding hydrogens is 344 g/mol. The summed E-state index contributed by atoms with van der Waals surface area (Å²) in [5, 5.41) is 16.4. The molecule has 1 saturated carbocycles. The molecule has 0 spiro atoms. The lowest BCUT2D eigenvalue weighted by Crippen LogP contribution is -2.04. The molecule has 1 N–H and O–H groups in total. The number of H-pyrrole nitrogens is 1. The van der Waals surface area contributed by atoms with E-state index < -0.39 is 0 Å². The molecule has 0 saturated heterocycles. The van der Waals surface area contributed by atoms with Crippen molar-refractivity contribution in [2.75, 3.05) is 0 Å². The zero-order chi connectivity index (χ0) is 18.3. The fourth-order valence-electron chi connectivity index (χ4n) is 3.05. The summed E-state index contributed by atoms with van der Waals surface area (Å²) in [6.45, 7) is 6.93. The van der Waals surface area contributed by atoms with Crippen LogP contribution in [0.3, 0.4) is 0 Å². The monoisotopic (exact) mass is 366 g/mol. The van der Waals surface area contributed by atoms with Crippen LogP contribution < -0.4 is 0 Å². The Morgan fingerprint density at radius 2 is 1.96 bits per heavy atom. The molecule has 0 bridgehead atoms. The zero-order valence-electron chi connectivity index (χ0n) is 15.2. The van der Waals surface area contributed by atoms with Gasteiger partial charge in [-0.15, -0.1) is 0 Å². The number of benzene rings is 1. The number of hydrogen-bond acceptors (Lipinski definition) is 4. The second-order valence-electron chi connectivity index (χ2n) is 6.95. The van der Waals surface area contributed by atoms with Gasteiger partial charge < -0.3 is 0 Å². The van der Waals surface area contributed by atoms with Gasteiger partial charge in [-0.25, -0.2) is 0 Å². The van der Waals surface area contributed by atoms with Crippen LogP contribution in [0.2, 0.25) is 0 Å². The molecular formula is C19H22N6S. The number of nitrogens with one attached hydrogen (secondary N) is 1. The van der Waals surface area contributed by atoms with Gasteiger partial charge in [0.25, 0.3) is 0 Å². The maximum Gasteiger partial charge on any atom is 0.216 e. The first-order valence-corrected chi connectivity index (χ1v) is 9.25. The quantitative estimate of drug-likeness (QED) is 0.551. The number of aromatic nitrogens is 5. The van der Waals surface area contributed by atoms with Crippen molar-refractivity contribution in [1.29, 1.82) is 0 Å². The summed E-state index contributed by atoms with van der Waals surface area (Å²) in [5.74, 6) is 1.40. The van der Waals surface area contributed by atoms with E-state index in [9.17, 15) is 0 Å². The lowest BCUT2D eigenvalue weighted by Gasteiger charge is -2.05. The maximum absolute atomic E-state index is 5.31. The minimum absolute atomic E-state index is 0.478. The van der Waals surface area contributed by atoms with E-state index in [0.717, 1.165) is 42.2 Å². The normalized spacial score (nSPS) is 14.4. The van der Waals surface area contributed by atoms with Crippen molar-refractivity contribution in [3.05, 3.63) is 62.9 Å². The van der Waals surface area contributed by atoms with Crippen molar-refractivity contribution in [1.82, 2.24) is 24.7 Å². The Morgan fingerprint density at radius 3 is 2.65 bits per heavy atom. The fourth-order valence-corrected chi connectivity index (χ4v) is 3.24. The molecule has 7 heteroatoms. The predicted octanol–water partition coefficient (Wildman–Crippen LogP) is 3.87. The molecule has 1 aliphatic rings. The molecule has 134 valence electrons. The second kappa shape index (κ2) is 6.64. The van der Waals surface area contributed by atoms with Crippen molar-refractivity contribution in [2.45, 2.75) is 46.1 Å². The summed E-state index contributed by atoms with van der Waals surface area (Å²) in [6.07, 6.45) is 4.16. The maximum atomic E-state index is 5.31. The lowest BCUT2D eigenvalue weighted by atomic mass is 10.1. The first-order valence-electron chi connectivity index (χ1n) is 8.84. The van der Waals surface area contributed by atoms with E-state index >= 15 is 0 Å². The van der Waals surface area contributed by atoms with E-state index in [2.05, 4.69) is 58.5 Å². The van der Waals surface area contributed by atoms with Gasteiger partial charge in [0.2, 0.25) is 4.77 Å². The molecule has 2 heterocycles. The summed E-state index contributed by atoms with van der Waals surface area (Å²) in [4.78, 5) is 0. The van der Waals surface area contributed by atoms with Crippen LogP contribution in [0.25, 0.3) is 0 Å². The third-order valence-corrected chi connectivity index (χ3v) is 5.07. The van der Waals surface area contributed by atoms with Crippen LogP contribution in [0, 0.1) is 25.5 Å². The number of aromatic amines is 1. The van der Waals surface area contributed by atoms with Crippen LogP contribution in [0.5, 0.6) is 0 Å². The van der Waals surface area contributed by atoms with Crippen molar-refractivity contribution in [2.24, 2.45) is 5.10 Å². The fraction of sp³-hybridized carbons (Fsp3) is 0.368. The highest BCUT2D eigenvalue weighted by Crippen LogP contribution is 2.38. The Hall–Kier alpha value is -2.54. The first kappa shape index (κ1) is 16.9. The zero-order valence-corrected chi connectivity index (χ0v) is 16.0. The molecule has 6 nitrogen and oxygen atoms in total. The highest BCUT2D eigenvalue weighted by atomic mass is 32.1. The van der Waals surface area contributed by atoms with Crippen LogP contribution >= 0.6 is 12.2 Å². The molecule has 1 aliphatic carbocycles. The van der Waals surface area contributed by atoms with Gasteiger partial charge >= 0.3 is 0 Å². The number of hydrogen-bond donors (Lipinski definition) is 1. The minimum atomic E-state index is 0.478. The summed E-state index contributed by atoms with van der Waals surface area (Å²) in [5.41, 5.74) is 5.58. The average molecular weight is 366 g/mol. The van der Waals surface area contributed by atoms with E-state index in [1.807, 2.05) is 17.8 Å². The molecule has 0 amide bonds. The third-order valence-electron chi connectivity index (χ3n) is 4.81. The van der Waals surface area contributed by atoms with Gasteiger partial charge in [0.05, 0.1) is 18.5 Å². The summed E-state index contributed by atoms with van der Waals surface area (Å²) < 4.78 is 4.30. The smallest absolute Gasteiger partial charge is 0.216 e. The highest BCUT2D eigenvalue weighted by molar-refractivity contribution is 7.71. The van der Waals surface area contributed by atoms with E-state index in [4.69, 9.17) is 12.2 Å². The summed E-state index contributed by atoms with van der Waals surface area (Å²) in [6, 6.07) is 8.55. The molecule has 26 heavy (non-hydrogen) atoms. The Kier molecular flexibility index (Phi) is 4.32. The van der Waals surface area contributed by atoms with E-state index in [1.54, 1.807) is 4.68 Å². The van der Waals surface area contributed by atoms with Crippen LogP contribution in [0.15, 0.2) is 29.4 Å². The number of aryl methyl sites for hydroxylation is 2. The van der Waals surface area contributed by atoms with Crippen molar-refractivity contribution >= 4 is 18.4 Å². The molecule has 0 unspecified atom stereocenters. The van der Waals surface area contributed by atoms with E-state index in [0.29, 0.717) is 10.7 Å². The number of rotatable bonds is 5. The van der Waals surface area contributed by atoms with E-state index in [-0.39, 0.29) is 0 Å². The molecule has 1 aromatic carbocycles. The van der Waals surface area contributed by atoms with Crippen molar-refractivity contribution in [3.8, 4) is 0 Å². The highest BCUT2D eigenvalue weighted by Gasteiger charge is 2.29. The summed E-state index contributed by atoms with van der Waals surface area (Å²) in [7, 11) is 0. The lowest BCUT2D eigenvalue weighted by molar-refractivity contribution is 0.659. The van der Waals surface area contributed by atoms with Crippen LogP contribution in [0.1, 0.15) is 52.7 Å². The SMILES string of the molecule is Cc1ccc(Cn2nc(C)c(/C=N/n3c(C4CC4)n[nH]c3=S)c2C)cc1. The standard InChI is InChI=1S/C19H22N6S/c1-12-4-6-15(7-5-12)11-24-14(3)17(13(2)23-24)10-20-25-18(16-8-9-16)21-22-19(25)26/h4-7,10,16H,8-9,11H2,1-3H3,(H,22,26)/b20-10+. The topological polar surface area (TPSA) is 63.8 Å². The molecule has 1 fully saturated rings. The van der Waals surface area contributed by atoms with Crippen molar-refractivity contribution < 1.29 is 0 Å². The van der Waals surface area contributed by atoms with Gasteiger partial charge in [-0.05, 0) is 51.4 Å². The Balaban J connectivity index is 1.61. The molecule has 0 aliphatic heterocycles. The van der Waals surface area contributed by atoms with Gasteiger partial charge in [-0.3, -0.25) is 9.78 Å². The Labute approximate surface area is 157 Å². The van der Waals surface area contributed by atoms with Gasteiger partial charge in [-0.1, -0.05) is 29.8 Å². The predicted molar refractivity (Wildman–Crippen MR) is 104 cm³/mol. The van der Waals surface area contributed by atoms with Gasteiger partial charge in [-0.2, -0.15) is 20.0 Å². The first-order chi connectivity index (χ1) is 12.5.